The molecular weight excluding hydrogens is 1060 g/mol. The number of hydrogen-bond acceptors (Lipinski definition) is 17. The van der Waals surface area contributed by atoms with E-state index in [0.717, 1.165) is 138 Å². The molecule has 6 atom stereocenters. The van der Waals surface area contributed by atoms with Crippen LogP contribution in [0.1, 0.15) is 121 Å². The quantitative estimate of drug-likeness (QED) is 0.0821. The van der Waals surface area contributed by atoms with E-state index in [-0.39, 0.29) is 46.5 Å². The number of nitrogens with one attached hydrogen (secondary N) is 2. The Morgan fingerprint density at radius 3 is 2.41 bits per heavy atom. The number of rotatable bonds is 15. The minimum absolute atomic E-state index is 0.00903. The molecule has 9 heterocycles. The Kier molecular flexibility index (Phi) is 20.1. The van der Waals surface area contributed by atoms with E-state index in [1.807, 2.05) is 54.3 Å². The Labute approximate surface area is 486 Å². The molecule has 0 saturated carbocycles. The smallest absolute Gasteiger partial charge is 0.319 e. The van der Waals surface area contributed by atoms with Crippen molar-refractivity contribution in [2.24, 2.45) is 0 Å². The molecule has 442 valence electrons. The maximum Gasteiger partial charge on any atom is 0.319 e. The molecule has 83 heavy (non-hydrogen) atoms. The molecule has 0 aliphatic carbocycles. The van der Waals surface area contributed by atoms with Gasteiger partial charge in [-0.15, -0.1) is 0 Å². The molecule has 6 aromatic rings. The number of piperazine rings is 2. The summed E-state index contributed by atoms with van der Waals surface area (Å²) in [4.78, 5) is 58.7. The fraction of sp³-hybridized carbons (Fsp3) is 0.524. The van der Waals surface area contributed by atoms with Crippen molar-refractivity contribution in [1.82, 2.24) is 45.4 Å². The van der Waals surface area contributed by atoms with Gasteiger partial charge in [0.15, 0.2) is 11.6 Å². The molecule has 3 aromatic carbocycles. The number of aryl methyl sites for hydroxylation is 1. The van der Waals surface area contributed by atoms with E-state index in [1.165, 1.54) is 6.42 Å². The zero-order chi connectivity index (χ0) is 58.6. The van der Waals surface area contributed by atoms with Crippen LogP contribution < -0.4 is 25.2 Å². The summed E-state index contributed by atoms with van der Waals surface area (Å²) in [6.07, 6.45) is 12.9. The number of likely N-dealkylation sites (tertiary alicyclic amines) is 1. The van der Waals surface area contributed by atoms with Crippen LogP contribution in [0.15, 0.2) is 71.4 Å². The van der Waals surface area contributed by atoms with Gasteiger partial charge in [-0.3, -0.25) is 24.3 Å². The molecule has 0 radical (unpaired) electrons. The molecule has 2 amide bonds. The Morgan fingerprint density at radius 2 is 1.72 bits per heavy atom. The number of carbonyl (C=O) groups excluding carboxylic acids is 3. The number of phenols is 1. The van der Waals surface area contributed by atoms with Crippen molar-refractivity contribution in [3.63, 3.8) is 0 Å². The minimum atomic E-state index is -0.561. The van der Waals surface area contributed by atoms with Gasteiger partial charge in [0.2, 0.25) is 12.3 Å². The maximum atomic E-state index is 16.9. The molecule has 6 unspecified atom stereocenters. The lowest BCUT2D eigenvalue weighted by Gasteiger charge is -2.35. The van der Waals surface area contributed by atoms with Crippen molar-refractivity contribution in [2.75, 3.05) is 82.4 Å². The number of fused-ring (bicyclic) bond motifs is 5. The average Bonchev–Trinajstić information content (AvgIpc) is 4.55. The maximum absolute atomic E-state index is 16.9. The van der Waals surface area contributed by atoms with Crippen molar-refractivity contribution in [3.05, 3.63) is 95.1 Å². The summed E-state index contributed by atoms with van der Waals surface area (Å²) < 4.78 is 33.8. The number of hydrogen-bond donors (Lipinski definition) is 3. The first-order chi connectivity index (χ1) is 40.3. The van der Waals surface area contributed by atoms with E-state index in [0.29, 0.717) is 78.7 Å². The van der Waals surface area contributed by atoms with Crippen molar-refractivity contribution in [1.29, 1.82) is 5.26 Å². The van der Waals surface area contributed by atoms with Gasteiger partial charge in [-0.25, -0.2) is 4.39 Å². The number of aromatic hydroxyl groups is 1. The predicted octanol–water partition coefficient (Wildman–Crippen LogP) is 8.50. The van der Waals surface area contributed by atoms with Crippen molar-refractivity contribution in [2.45, 2.75) is 141 Å². The topological polar surface area (TPSA) is 219 Å². The summed E-state index contributed by atoms with van der Waals surface area (Å²) >= 11 is 0. The van der Waals surface area contributed by atoms with Crippen LogP contribution in [0.3, 0.4) is 0 Å². The number of anilines is 2. The first-order valence-corrected chi connectivity index (χ1v) is 29.7. The van der Waals surface area contributed by atoms with Crippen LogP contribution >= 0.6 is 0 Å². The summed E-state index contributed by atoms with van der Waals surface area (Å²) in [5.41, 5.74) is 3.30. The average molecular weight is 1140 g/mol. The molecular formula is C63H81FN12O7. The number of amides is 2. The number of aromatic nitrogens is 4. The SMILES string of the molecule is CC(NC=O)c1ccc(C#N)cc1.CC1CCCN1C(=O)Cc1cc(N2CCN(C)CC2)no1.CCC.CCc1cccc2cc(O)cc(-c3ncc4c(N5CC6CCC(C5)N6)nc(OCC56CCCN5C(COC=O)CC6)nc4c3F)c12. The van der Waals surface area contributed by atoms with Gasteiger partial charge in [0, 0.05) is 87.8 Å². The molecule has 3 aromatic heterocycles. The monoisotopic (exact) mass is 1140 g/mol. The summed E-state index contributed by atoms with van der Waals surface area (Å²) in [6, 6.07) is 21.6. The second kappa shape index (κ2) is 27.7. The van der Waals surface area contributed by atoms with Crippen LogP contribution in [0.4, 0.5) is 16.0 Å². The summed E-state index contributed by atoms with van der Waals surface area (Å²) in [5, 5.41) is 31.8. The van der Waals surface area contributed by atoms with E-state index in [9.17, 15) is 19.5 Å². The molecule has 0 spiro atoms. The molecule has 6 aliphatic rings. The molecule has 6 aliphatic heterocycles. The van der Waals surface area contributed by atoms with E-state index < -0.39 is 5.82 Å². The van der Waals surface area contributed by atoms with Crippen LogP contribution in [0.5, 0.6) is 11.8 Å². The highest BCUT2D eigenvalue weighted by atomic mass is 19.1. The largest absolute Gasteiger partial charge is 0.508 e. The Hall–Kier alpha value is -7.47. The van der Waals surface area contributed by atoms with Crippen LogP contribution in [-0.2, 0) is 32.0 Å². The number of pyridine rings is 1. The summed E-state index contributed by atoms with van der Waals surface area (Å²) in [7, 11) is 2.13. The number of carbonyl (C=O) groups is 3. The number of phenolic OH excluding ortho intramolecular Hbond substituents is 1. The molecule has 2 bridgehead atoms. The van der Waals surface area contributed by atoms with E-state index in [4.69, 9.17) is 29.2 Å². The second-order valence-electron chi connectivity index (χ2n) is 23.0. The summed E-state index contributed by atoms with van der Waals surface area (Å²) in [5.74, 6) is 1.81. The third-order valence-corrected chi connectivity index (χ3v) is 17.1. The van der Waals surface area contributed by atoms with Gasteiger partial charge in [0.1, 0.15) is 41.8 Å². The fourth-order valence-corrected chi connectivity index (χ4v) is 12.8. The van der Waals surface area contributed by atoms with Gasteiger partial charge in [-0.05, 0) is 131 Å². The lowest BCUT2D eigenvalue weighted by molar-refractivity contribution is -0.131. The van der Waals surface area contributed by atoms with Gasteiger partial charge >= 0.3 is 6.01 Å². The van der Waals surface area contributed by atoms with Crippen LogP contribution in [-0.4, -0.2) is 161 Å². The van der Waals surface area contributed by atoms with Crippen LogP contribution in [0.25, 0.3) is 32.9 Å². The lowest BCUT2D eigenvalue weighted by atomic mass is 9.95. The summed E-state index contributed by atoms with van der Waals surface area (Å²) in [6.45, 7) is 18.9. The molecule has 19 nitrogen and oxygen atoms in total. The fourth-order valence-electron chi connectivity index (χ4n) is 12.8. The predicted molar refractivity (Wildman–Crippen MR) is 318 cm³/mol. The Bertz CT molecular complexity index is 3210. The standard InChI is InChI=1S/C35H39FN6O4.C15H24N4O2.C10H10N2O.C3H8/c1-2-21-5-3-6-22-13-26(44)14-27(29(21)22)31-30(36)32-28(15-37-31)33(41-16-23-7-8-24(17-41)38-23)40-34(39-32)46-19-35-10-4-12-42(35)25(9-11-35)18-45-20-43;1-12-4-3-5-19(12)15(20)11-13-10-14(16-21-13)18-8-6-17(2)7-9-18;1-8(12-7-13)10-4-2-9(6-11)3-5-10;1-3-2/h3,5-6,13-15,20,23-25,38,44H,2,4,7-12,16-19H2,1H3;10,12H,3-9,11H2,1-2H3;2-5,7-8H,1H3,(H,12,13);3H2,1-2H3. The number of nitrogens with zero attached hydrogens (tertiary/aromatic N) is 10. The van der Waals surface area contributed by atoms with E-state index in [1.54, 1.807) is 30.5 Å². The molecule has 3 N–H and O–H groups in total. The van der Waals surface area contributed by atoms with Gasteiger partial charge in [-0.2, -0.15) is 15.2 Å². The highest BCUT2D eigenvalue weighted by Gasteiger charge is 2.50. The van der Waals surface area contributed by atoms with E-state index >= 15 is 4.39 Å². The van der Waals surface area contributed by atoms with Gasteiger partial charge in [0.05, 0.1) is 35.0 Å². The first kappa shape index (κ1) is 60.1. The highest BCUT2D eigenvalue weighted by Crippen LogP contribution is 2.44. The number of likely N-dealkylation sites (N-methyl/N-ethyl adjacent to an activating group) is 1. The van der Waals surface area contributed by atoms with Gasteiger partial charge in [-0.1, -0.05) is 62.7 Å². The molecule has 20 heteroatoms. The second-order valence-corrected chi connectivity index (χ2v) is 23.0. The normalized spacial score (nSPS) is 22.3. The zero-order valence-electron chi connectivity index (χ0n) is 49.0. The minimum Gasteiger partial charge on any atom is -0.508 e. The van der Waals surface area contributed by atoms with Crippen molar-refractivity contribution < 1.29 is 37.9 Å². The third kappa shape index (κ3) is 14.0. The number of benzene rings is 3. The Balaban J connectivity index is 0.000000183. The number of ether oxygens (including phenoxy) is 2. The van der Waals surface area contributed by atoms with Crippen molar-refractivity contribution in [3.8, 4) is 29.1 Å². The number of halogens is 1. The molecule has 6 fully saturated rings. The number of nitriles is 1. The van der Waals surface area contributed by atoms with Gasteiger partial charge in [0.25, 0.3) is 6.47 Å². The van der Waals surface area contributed by atoms with E-state index in [2.05, 4.69) is 75.1 Å². The first-order valence-electron chi connectivity index (χ1n) is 29.7. The van der Waals surface area contributed by atoms with Gasteiger partial charge < -0.3 is 49.3 Å². The molecule has 12 rings (SSSR count). The van der Waals surface area contributed by atoms with Crippen molar-refractivity contribution >= 4 is 52.1 Å². The highest BCUT2D eigenvalue weighted by molar-refractivity contribution is 6.01. The van der Waals surface area contributed by atoms with Crippen LogP contribution in [0.2, 0.25) is 0 Å². The Morgan fingerprint density at radius 1 is 0.964 bits per heavy atom. The lowest BCUT2D eigenvalue weighted by Crippen LogP contribution is -2.51. The zero-order valence-corrected chi connectivity index (χ0v) is 49.0. The third-order valence-electron chi connectivity index (χ3n) is 17.1. The molecule has 6 saturated heterocycles. The van der Waals surface area contributed by atoms with Crippen LogP contribution in [0, 0.1) is 17.1 Å².